The van der Waals surface area contributed by atoms with Crippen LogP contribution in [0.1, 0.15) is 26.3 Å². The SMILES string of the molecule is CC(C)(C)OCCNc1cc(C#N)ccc1Cl. The van der Waals surface area contributed by atoms with Gasteiger partial charge in [-0.15, -0.1) is 0 Å². The second-order valence-electron chi connectivity index (χ2n) is 4.69. The molecule has 0 aromatic heterocycles. The van der Waals surface area contributed by atoms with Gasteiger partial charge in [-0.05, 0) is 39.0 Å². The molecule has 0 atom stereocenters. The van der Waals surface area contributed by atoms with E-state index < -0.39 is 0 Å². The van der Waals surface area contributed by atoms with Gasteiger partial charge in [0, 0.05) is 6.54 Å². The average Bonchev–Trinajstić information content (AvgIpc) is 2.25. The standard InChI is InChI=1S/C13H17ClN2O/c1-13(2,3)17-7-6-16-12-8-10(9-15)4-5-11(12)14/h4-5,8,16H,6-7H2,1-3H3. The molecule has 0 radical (unpaired) electrons. The molecule has 0 aliphatic heterocycles. The molecule has 0 fully saturated rings. The third-order valence-electron chi connectivity index (χ3n) is 2.05. The van der Waals surface area contributed by atoms with Crippen molar-refractivity contribution in [1.82, 2.24) is 0 Å². The lowest BCUT2D eigenvalue weighted by atomic mass is 10.2. The van der Waals surface area contributed by atoms with Crippen molar-refractivity contribution in [3.8, 4) is 6.07 Å². The summed E-state index contributed by atoms with van der Waals surface area (Å²) in [4.78, 5) is 0. The number of nitrogens with zero attached hydrogens (tertiary/aromatic N) is 1. The molecule has 0 amide bonds. The number of ether oxygens (including phenoxy) is 1. The monoisotopic (exact) mass is 252 g/mol. The average molecular weight is 253 g/mol. The molecule has 1 aromatic carbocycles. The molecular weight excluding hydrogens is 236 g/mol. The van der Waals surface area contributed by atoms with E-state index in [4.69, 9.17) is 21.6 Å². The molecule has 1 aromatic rings. The largest absolute Gasteiger partial charge is 0.381 e. The summed E-state index contributed by atoms with van der Waals surface area (Å²) >= 11 is 6.01. The predicted octanol–water partition coefficient (Wildman–Crippen LogP) is 3.44. The minimum atomic E-state index is -0.139. The fraction of sp³-hybridized carbons (Fsp3) is 0.462. The highest BCUT2D eigenvalue weighted by atomic mass is 35.5. The predicted molar refractivity (Wildman–Crippen MR) is 70.4 cm³/mol. The summed E-state index contributed by atoms with van der Waals surface area (Å²) in [5, 5.41) is 12.5. The van der Waals surface area contributed by atoms with Gasteiger partial charge in [-0.1, -0.05) is 11.6 Å². The number of nitrogens with one attached hydrogen (secondary N) is 1. The molecule has 0 aliphatic rings. The van der Waals surface area contributed by atoms with Crippen LogP contribution in [0.5, 0.6) is 0 Å². The van der Waals surface area contributed by atoms with Crippen LogP contribution in [0, 0.1) is 11.3 Å². The van der Waals surface area contributed by atoms with Gasteiger partial charge in [0.05, 0.1) is 34.6 Å². The van der Waals surface area contributed by atoms with E-state index in [0.717, 1.165) is 5.69 Å². The van der Waals surface area contributed by atoms with Gasteiger partial charge in [0.15, 0.2) is 0 Å². The quantitative estimate of drug-likeness (QED) is 0.835. The molecule has 0 saturated carbocycles. The first-order valence-electron chi connectivity index (χ1n) is 5.50. The Morgan fingerprint density at radius 2 is 2.12 bits per heavy atom. The van der Waals surface area contributed by atoms with Gasteiger partial charge in [-0.25, -0.2) is 0 Å². The van der Waals surface area contributed by atoms with E-state index in [1.54, 1.807) is 18.2 Å². The van der Waals surface area contributed by atoms with Crippen LogP contribution in [0.15, 0.2) is 18.2 Å². The molecule has 0 heterocycles. The summed E-state index contributed by atoms with van der Waals surface area (Å²) in [6.07, 6.45) is 0. The van der Waals surface area contributed by atoms with Gasteiger partial charge in [0.2, 0.25) is 0 Å². The van der Waals surface area contributed by atoms with Crippen molar-refractivity contribution in [2.45, 2.75) is 26.4 Å². The highest BCUT2D eigenvalue weighted by Crippen LogP contribution is 2.22. The summed E-state index contributed by atoms with van der Waals surface area (Å²) < 4.78 is 5.58. The third-order valence-corrected chi connectivity index (χ3v) is 2.38. The van der Waals surface area contributed by atoms with E-state index >= 15 is 0 Å². The van der Waals surface area contributed by atoms with Crippen molar-refractivity contribution >= 4 is 17.3 Å². The maximum Gasteiger partial charge on any atom is 0.0992 e. The lowest BCUT2D eigenvalue weighted by Crippen LogP contribution is -2.23. The zero-order valence-corrected chi connectivity index (χ0v) is 11.1. The van der Waals surface area contributed by atoms with Gasteiger partial charge in [-0.2, -0.15) is 5.26 Å². The molecule has 3 nitrogen and oxygen atoms in total. The maximum atomic E-state index is 8.79. The molecule has 4 heteroatoms. The molecule has 1 rings (SSSR count). The van der Waals surface area contributed by atoms with E-state index in [9.17, 15) is 0 Å². The van der Waals surface area contributed by atoms with Crippen molar-refractivity contribution in [2.24, 2.45) is 0 Å². The van der Waals surface area contributed by atoms with Gasteiger partial charge < -0.3 is 10.1 Å². The Hall–Kier alpha value is -1.24. The van der Waals surface area contributed by atoms with Crippen LogP contribution in [0.3, 0.4) is 0 Å². The number of anilines is 1. The second-order valence-corrected chi connectivity index (χ2v) is 5.10. The zero-order valence-electron chi connectivity index (χ0n) is 10.4. The topological polar surface area (TPSA) is 45.0 Å². The van der Waals surface area contributed by atoms with Crippen LogP contribution >= 0.6 is 11.6 Å². The summed E-state index contributed by atoms with van der Waals surface area (Å²) in [6, 6.07) is 7.22. The second kappa shape index (κ2) is 5.90. The van der Waals surface area contributed by atoms with Crippen LogP contribution in [0.2, 0.25) is 5.02 Å². The number of benzene rings is 1. The first-order valence-corrected chi connectivity index (χ1v) is 5.87. The Morgan fingerprint density at radius 3 is 2.71 bits per heavy atom. The van der Waals surface area contributed by atoms with E-state index in [-0.39, 0.29) is 5.60 Å². The van der Waals surface area contributed by atoms with E-state index in [1.165, 1.54) is 0 Å². The molecule has 0 spiro atoms. The Kier molecular flexibility index (Phi) is 4.80. The Bertz CT molecular complexity index is 418. The zero-order chi connectivity index (χ0) is 12.9. The summed E-state index contributed by atoms with van der Waals surface area (Å²) in [5.41, 5.74) is 1.22. The molecule has 17 heavy (non-hydrogen) atoms. The number of hydrogen-bond donors (Lipinski definition) is 1. The minimum Gasteiger partial charge on any atom is -0.381 e. The van der Waals surface area contributed by atoms with Gasteiger partial charge >= 0.3 is 0 Å². The molecule has 0 saturated heterocycles. The molecule has 0 unspecified atom stereocenters. The first-order chi connectivity index (χ1) is 7.92. The fourth-order valence-electron chi connectivity index (χ4n) is 1.27. The lowest BCUT2D eigenvalue weighted by Gasteiger charge is -2.20. The molecular formula is C13H17ClN2O. The molecule has 92 valence electrons. The summed E-state index contributed by atoms with van der Waals surface area (Å²) in [5.74, 6) is 0. The van der Waals surface area contributed by atoms with Crippen LogP contribution in [0.4, 0.5) is 5.69 Å². The van der Waals surface area contributed by atoms with Crippen molar-refractivity contribution in [3.05, 3.63) is 28.8 Å². The Labute approximate surface area is 107 Å². The van der Waals surface area contributed by atoms with Gasteiger partial charge in [-0.3, -0.25) is 0 Å². The van der Waals surface area contributed by atoms with Crippen molar-refractivity contribution in [3.63, 3.8) is 0 Å². The van der Waals surface area contributed by atoms with Crippen LogP contribution in [-0.4, -0.2) is 18.8 Å². The summed E-state index contributed by atoms with van der Waals surface area (Å²) in [6.45, 7) is 7.28. The molecule has 1 N–H and O–H groups in total. The highest BCUT2D eigenvalue weighted by molar-refractivity contribution is 6.33. The van der Waals surface area contributed by atoms with Crippen molar-refractivity contribution in [1.29, 1.82) is 5.26 Å². The Balaban J connectivity index is 2.49. The van der Waals surface area contributed by atoms with E-state index in [1.807, 2.05) is 20.8 Å². The van der Waals surface area contributed by atoms with Gasteiger partial charge in [0.1, 0.15) is 0 Å². The van der Waals surface area contributed by atoms with E-state index in [2.05, 4.69) is 11.4 Å². The smallest absolute Gasteiger partial charge is 0.0992 e. The van der Waals surface area contributed by atoms with Crippen LogP contribution in [0.25, 0.3) is 0 Å². The van der Waals surface area contributed by atoms with Crippen LogP contribution < -0.4 is 5.32 Å². The number of halogens is 1. The highest BCUT2D eigenvalue weighted by Gasteiger charge is 2.09. The van der Waals surface area contributed by atoms with E-state index in [0.29, 0.717) is 23.7 Å². The Morgan fingerprint density at radius 1 is 1.41 bits per heavy atom. The number of hydrogen-bond acceptors (Lipinski definition) is 3. The van der Waals surface area contributed by atoms with Crippen molar-refractivity contribution < 1.29 is 4.74 Å². The lowest BCUT2D eigenvalue weighted by molar-refractivity contribution is 0.00333. The molecule has 0 aliphatic carbocycles. The minimum absolute atomic E-state index is 0.139. The number of rotatable bonds is 4. The van der Waals surface area contributed by atoms with Crippen LogP contribution in [-0.2, 0) is 4.74 Å². The third kappa shape index (κ3) is 5.08. The summed E-state index contributed by atoms with van der Waals surface area (Å²) in [7, 11) is 0. The van der Waals surface area contributed by atoms with Gasteiger partial charge in [0.25, 0.3) is 0 Å². The normalized spacial score (nSPS) is 11.0. The van der Waals surface area contributed by atoms with Crippen molar-refractivity contribution in [2.75, 3.05) is 18.5 Å². The first kappa shape index (κ1) is 13.8. The molecule has 0 bridgehead atoms. The fourth-order valence-corrected chi connectivity index (χ4v) is 1.46. The maximum absolute atomic E-state index is 8.79. The number of nitriles is 1.